The van der Waals surface area contributed by atoms with Crippen LogP contribution in [0.3, 0.4) is 0 Å². The molecule has 0 unspecified atom stereocenters. The fraction of sp³-hybridized carbons (Fsp3) is 0.889. The smallest absolute Gasteiger partial charge is 0.227 e. The Hall–Kier alpha value is -0.570. The van der Waals surface area contributed by atoms with E-state index in [9.17, 15) is 4.79 Å². The van der Waals surface area contributed by atoms with E-state index < -0.39 is 0 Å². The van der Waals surface area contributed by atoms with Gasteiger partial charge in [-0.25, -0.2) is 0 Å². The summed E-state index contributed by atoms with van der Waals surface area (Å²) in [4.78, 5) is 13.9. The Balaban J connectivity index is 2.06. The molecule has 0 bridgehead atoms. The molecule has 1 heterocycles. The number of amides is 1. The molecule has 68 valence electrons. The van der Waals surface area contributed by atoms with Crippen molar-refractivity contribution in [2.75, 3.05) is 26.2 Å². The molecule has 1 aliphatic heterocycles. The average Bonchev–Trinajstić information content (AvgIpc) is 2.84. The highest BCUT2D eigenvalue weighted by molar-refractivity contribution is 5.85. The zero-order valence-corrected chi connectivity index (χ0v) is 7.60. The zero-order chi connectivity index (χ0) is 8.60. The number of likely N-dealkylation sites (N-methyl/N-ethyl adjacent to an activating group) is 1. The number of carbonyl (C=O) groups excluding carboxylic acids is 1. The summed E-state index contributed by atoms with van der Waals surface area (Å²) >= 11 is 0. The summed E-state index contributed by atoms with van der Waals surface area (Å²) in [5.74, 6) is 0.290. The maximum absolute atomic E-state index is 11.5. The molecule has 1 spiro atoms. The summed E-state index contributed by atoms with van der Waals surface area (Å²) in [7, 11) is 0. The number of nitrogens with one attached hydrogen (secondary N) is 1. The molecule has 0 atom stereocenters. The lowest BCUT2D eigenvalue weighted by molar-refractivity contribution is -0.125. The van der Waals surface area contributed by atoms with Crippen LogP contribution in [-0.4, -0.2) is 37.0 Å². The first-order valence-corrected chi connectivity index (χ1v) is 4.77. The number of rotatable bonds is 1. The predicted molar refractivity (Wildman–Crippen MR) is 46.8 cm³/mol. The van der Waals surface area contributed by atoms with Crippen LogP contribution in [0, 0.1) is 5.41 Å². The van der Waals surface area contributed by atoms with Gasteiger partial charge in [0.1, 0.15) is 0 Å². The molecular formula is C9H16N2O. The minimum Gasteiger partial charge on any atom is -0.354 e. The van der Waals surface area contributed by atoms with Crippen molar-refractivity contribution in [3.8, 4) is 0 Å². The van der Waals surface area contributed by atoms with E-state index in [0.29, 0.717) is 5.91 Å². The standard InChI is InChI=1S/C9H16N2O/c1-2-11-6-5-10-8(12)9(7-11)3-4-9/h2-7H2,1H3,(H,10,12). The maximum Gasteiger partial charge on any atom is 0.227 e. The third-order valence-corrected chi connectivity index (χ3v) is 3.02. The fourth-order valence-corrected chi connectivity index (χ4v) is 1.90. The van der Waals surface area contributed by atoms with Crippen LogP contribution in [0.2, 0.25) is 0 Å². The van der Waals surface area contributed by atoms with Crippen LogP contribution in [0.5, 0.6) is 0 Å². The van der Waals surface area contributed by atoms with Gasteiger partial charge in [0.2, 0.25) is 5.91 Å². The number of carbonyl (C=O) groups is 1. The van der Waals surface area contributed by atoms with E-state index in [4.69, 9.17) is 0 Å². The van der Waals surface area contributed by atoms with Gasteiger partial charge >= 0.3 is 0 Å². The molecule has 1 amide bonds. The Morgan fingerprint density at radius 2 is 2.33 bits per heavy atom. The van der Waals surface area contributed by atoms with Crippen LogP contribution in [-0.2, 0) is 4.79 Å². The lowest BCUT2D eigenvalue weighted by Crippen LogP contribution is -2.33. The summed E-state index contributed by atoms with van der Waals surface area (Å²) in [5.41, 5.74) is 0.0203. The van der Waals surface area contributed by atoms with Gasteiger partial charge in [-0.3, -0.25) is 4.79 Å². The molecule has 3 nitrogen and oxygen atoms in total. The van der Waals surface area contributed by atoms with Gasteiger partial charge in [0.05, 0.1) is 5.41 Å². The van der Waals surface area contributed by atoms with Crippen LogP contribution in [0.25, 0.3) is 0 Å². The second-order valence-corrected chi connectivity index (χ2v) is 3.90. The van der Waals surface area contributed by atoms with Crippen LogP contribution in [0.4, 0.5) is 0 Å². The number of nitrogens with zero attached hydrogens (tertiary/aromatic N) is 1. The molecule has 2 rings (SSSR count). The Morgan fingerprint density at radius 3 is 2.92 bits per heavy atom. The molecule has 0 radical (unpaired) electrons. The lowest BCUT2D eigenvalue weighted by atomic mass is 10.1. The zero-order valence-electron chi connectivity index (χ0n) is 7.60. The molecule has 0 aromatic rings. The third-order valence-electron chi connectivity index (χ3n) is 3.02. The predicted octanol–water partition coefficient (Wildman–Crippen LogP) is 0.218. The van der Waals surface area contributed by atoms with Crippen molar-refractivity contribution in [1.82, 2.24) is 10.2 Å². The monoisotopic (exact) mass is 168 g/mol. The van der Waals surface area contributed by atoms with Crippen molar-refractivity contribution in [1.29, 1.82) is 0 Å². The van der Waals surface area contributed by atoms with Crippen molar-refractivity contribution < 1.29 is 4.79 Å². The summed E-state index contributed by atoms with van der Waals surface area (Å²) < 4.78 is 0. The van der Waals surface area contributed by atoms with Crippen molar-refractivity contribution in [2.24, 2.45) is 5.41 Å². The Morgan fingerprint density at radius 1 is 1.58 bits per heavy atom. The molecule has 3 heteroatoms. The van der Waals surface area contributed by atoms with Gasteiger partial charge in [0.15, 0.2) is 0 Å². The van der Waals surface area contributed by atoms with Crippen molar-refractivity contribution in [3.63, 3.8) is 0 Å². The van der Waals surface area contributed by atoms with Gasteiger partial charge in [-0.1, -0.05) is 6.92 Å². The third kappa shape index (κ3) is 1.22. The van der Waals surface area contributed by atoms with Crippen LogP contribution in [0.15, 0.2) is 0 Å². The highest BCUT2D eigenvalue weighted by Gasteiger charge is 2.51. The van der Waals surface area contributed by atoms with E-state index in [0.717, 1.165) is 39.0 Å². The Bertz CT molecular complexity index is 199. The topological polar surface area (TPSA) is 32.3 Å². The molecular weight excluding hydrogens is 152 g/mol. The minimum atomic E-state index is 0.0203. The van der Waals surface area contributed by atoms with E-state index in [2.05, 4.69) is 17.1 Å². The molecule has 1 aliphatic carbocycles. The van der Waals surface area contributed by atoms with Crippen molar-refractivity contribution in [2.45, 2.75) is 19.8 Å². The van der Waals surface area contributed by atoms with Crippen molar-refractivity contribution >= 4 is 5.91 Å². The second kappa shape index (κ2) is 2.73. The second-order valence-electron chi connectivity index (χ2n) is 3.90. The molecule has 1 saturated carbocycles. The average molecular weight is 168 g/mol. The number of hydrogen-bond donors (Lipinski definition) is 1. The van der Waals surface area contributed by atoms with E-state index in [1.54, 1.807) is 0 Å². The molecule has 1 N–H and O–H groups in total. The SMILES string of the molecule is CCN1CCNC(=O)C2(CC2)C1. The lowest BCUT2D eigenvalue weighted by Gasteiger charge is -2.19. The summed E-state index contributed by atoms with van der Waals surface area (Å²) in [6, 6.07) is 0. The maximum atomic E-state index is 11.5. The normalized spacial score (nSPS) is 28.2. The Kier molecular flexibility index (Phi) is 1.83. The van der Waals surface area contributed by atoms with Crippen LogP contribution < -0.4 is 5.32 Å². The van der Waals surface area contributed by atoms with E-state index >= 15 is 0 Å². The molecule has 12 heavy (non-hydrogen) atoms. The fourth-order valence-electron chi connectivity index (χ4n) is 1.90. The van der Waals surface area contributed by atoms with Crippen molar-refractivity contribution in [3.05, 3.63) is 0 Å². The molecule has 0 aromatic carbocycles. The molecule has 2 fully saturated rings. The minimum absolute atomic E-state index is 0.0203. The van der Waals surface area contributed by atoms with Gasteiger partial charge in [-0.15, -0.1) is 0 Å². The first-order chi connectivity index (χ1) is 5.77. The highest BCUT2D eigenvalue weighted by Crippen LogP contribution is 2.46. The van der Waals surface area contributed by atoms with Crippen LogP contribution >= 0.6 is 0 Å². The van der Waals surface area contributed by atoms with Gasteiger partial charge in [0, 0.05) is 19.6 Å². The first kappa shape index (κ1) is 8.05. The highest BCUT2D eigenvalue weighted by atomic mass is 16.2. The van der Waals surface area contributed by atoms with Crippen LogP contribution in [0.1, 0.15) is 19.8 Å². The van der Waals surface area contributed by atoms with E-state index in [-0.39, 0.29) is 5.41 Å². The van der Waals surface area contributed by atoms with Gasteiger partial charge in [-0.2, -0.15) is 0 Å². The molecule has 0 aromatic heterocycles. The summed E-state index contributed by atoms with van der Waals surface area (Å²) in [6.07, 6.45) is 2.19. The van der Waals surface area contributed by atoms with Gasteiger partial charge in [0.25, 0.3) is 0 Å². The van der Waals surface area contributed by atoms with E-state index in [1.807, 2.05) is 0 Å². The quantitative estimate of drug-likeness (QED) is 0.607. The Labute approximate surface area is 73.1 Å². The summed E-state index contributed by atoms with van der Waals surface area (Å²) in [6.45, 7) is 6.05. The largest absolute Gasteiger partial charge is 0.354 e. The van der Waals surface area contributed by atoms with Gasteiger partial charge in [-0.05, 0) is 19.4 Å². The molecule has 1 saturated heterocycles. The van der Waals surface area contributed by atoms with E-state index in [1.165, 1.54) is 0 Å². The van der Waals surface area contributed by atoms with Gasteiger partial charge < -0.3 is 10.2 Å². The molecule has 2 aliphatic rings. The summed E-state index contributed by atoms with van der Waals surface area (Å²) in [5, 5.41) is 2.98. The number of hydrogen-bond acceptors (Lipinski definition) is 2. The first-order valence-electron chi connectivity index (χ1n) is 4.77.